The van der Waals surface area contributed by atoms with E-state index in [0.717, 1.165) is 35.4 Å². The fourth-order valence-corrected chi connectivity index (χ4v) is 3.56. The Kier molecular flexibility index (Phi) is 7.73. The van der Waals surface area contributed by atoms with Crippen molar-refractivity contribution < 1.29 is 14.3 Å². The van der Waals surface area contributed by atoms with E-state index in [2.05, 4.69) is 27.3 Å². The number of thioether (sulfide) groups is 1. The molecule has 0 fully saturated rings. The van der Waals surface area contributed by atoms with Gasteiger partial charge >= 0.3 is 0 Å². The molecule has 2 aromatic heterocycles. The molecule has 8 nitrogen and oxygen atoms in total. The number of methoxy groups -OCH3 is 1. The molecule has 1 aromatic carbocycles. The molecule has 0 unspecified atom stereocenters. The molecule has 3 aromatic rings. The van der Waals surface area contributed by atoms with E-state index in [-0.39, 0.29) is 12.3 Å². The lowest BCUT2D eigenvalue weighted by atomic mass is 10.1. The van der Waals surface area contributed by atoms with Gasteiger partial charge in [-0.15, -0.1) is 5.10 Å². The van der Waals surface area contributed by atoms with Gasteiger partial charge in [-0.05, 0) is 44.2 Å². The van der Waals surface area contributed by atoms with Gasteiger partial charge in [-0.25, -0.2) is 9.50 Å². The monoisotopic (exact) mass is 443 g/mol. The van der Waals surface area contributed by atoms with Gasteiger partial charge in [-0.3, -0.25) is 4.79 Å². The fourth-order valence-electron chi connectivity index (χ4n) is 3.22. The van der Waals surface area contributed by atoms with Crippen LogP contribution in [0.2, 0.25) is 0 Å². The Hall–Kier alpha value is -2.81. The van der Waals surface area contributed by atoms with Gasteiger partial charge in [-0.2, -0.15) is 4.98 Å². The quantitative estimate of drug-likeness (QED) is 0.379. The molecule has 166 valence electrons. The fraction of sp³-hybridized carbons (Fsp3) is 0.455. The summed E-state index contributed by atoms with van der Waals surface area (Å²) in [5.74, 6) is 1.85. The third kappa shape index (κ3) is 5.46. The number of amides is 1. The van der Waals surface area contributed by atoms with Crippen LogP contribution in [0.25, 0.3) is 5.78 Å². The zero-order valence-electron chi connectivity index (χ0n) is 18.7. The summed E-state index contributed by atoms with van der Waals surface area (Å²) in [5.41, 5.74) is 3.46. The van der Waals surface area contributed by atoms with E-state index in [1.54, 1.807) is 11.6 Å². The molecule has 9 heteroatoms. The normalized spacial score (nSPS) is 11.0. The molecule has 0 saturated heterocycles. The van der Waals surface area contributed by atoms with Crippen LogP contribution >= 0.6 is 11.8 Å². The third-order valence-corrected chi connectivity index (χ3v) is 5.56. The average molecular weight is 444 g/mol. The van der Waals surface area contributed by atoms with Crippen molar-refractivity contribution >= 4 is 23.4 Å². The highest BCUT2D eigenvalue weighted by Gasteiger charge is 2.16. The minimum Gasteiger partial charge on any atom is -0.493 e. The van der Waals surface area contributed by atoms with Crippen LogP contribution in [0.5, 0.6) is 11.5 Å². The first kappa shape index (κ1) is 22.9. The Morgan fingerprint density at radius 2 is 2.03 bits per heavy atom. The lowest BCUT2D eigenvalue weighted by molar-refractivity contribution is -0.120. The number of carbonyl (C=O) groups excluding carboxylic acids is 1. The molecule has 1 N–H and O–H groups in total. The largest absolute Gasteiger partial charge is 0.493 e. The van der Waals surface area contributed by atoms with Crippen molar-refractivity contribution in [3.05, 3.63) is 40.7 Å². The van der Waals surface area contributed by atoms with E-state index < -0.39 is 0 Å². The Balaban J connectivity index is 1.66. The summed E-state index contributed by atoms with van der Waals surface area (Å²) in [5, 5.41) is 8.07. The number of aryl methyl sites for hydroxylation is 2. The Bertz CT molecular complexity index is 1070. The van der Waals surface area contributed by atoms with Gasteiger partial charge < -0.3 is 14.8 Å². The van der Waals surface area contributed by atoms with Gasteiger partial charge in [0.05, 0.1) is 20.1 Å². The van der Waals surface area contributed by atoms with Crippen LogP contribution in [0, 0.1) is 13.8 Å². The number of ether oxygens (including phenoxy) is 2. The number of fused-ring (bicyclic) bond motifs is 1. The molecule has 3 rings (SSSR count). The van der Waals surface area contributed by atoms with Gasteiger partial charge in [0.1, 0.15) is 0 Å². The van der Waals surface area contributed by atoms with Gasteiger partial charge in [0.25, 0.3) is 5.78 Å². The molecule has 0 aliphatic rings. The first-order valence-corrected chi connectivity index (χ1v) is 11.5. The molecule has 1 amide bonds. The van der Waals surface area contributed by atoms with E-state index in [4.69, 9.17) is 9.47 Å². The number of benzene rings is 1. The first-order chi connectivity index (χ1) is 15.0. The van der Waals surface area contributed by atoms with Crippen molar-refractivity contribution in [1.29, 1.82) is 0 Å². The summed E-state index contributed by atoms with van der Waals surface area (Å²) in [4.78, 5) is 21.5. The zero-order valence-corrected chi connectivity index (χ0v) is 19.5. The van der Waals surface area contributed by atoms with Crippen LogP contribution in [0.15, 0.2) is 23.4 Å². The van der Waals surface area contributed by atoms with Crippen LogP contribution in [0.4, 0.5) is 0 Å². The molecule has 0 saturated carbocycles. The number of carbonyl (C=O) groups is 1. The smallest absolute Gasteiger partial charge is 0.253 e. The number of hydrogen-bond donors (Lipinski definition) is 1. The highest BCUT2D eigenvalue weighted by molar-refractivity contribution is 7.98. The SMILES string of the molecule is CCCCOc1ccc(CNC(=O)Cc2c(C)nc3nc(SC)nn3c2C)cc1OC. The number of nitrogens with one attached hydrogen (secondary N) is 1. The maximum Gasteiger partial charge on any atom is 0.253 e. The van der Waals surface area contributed by atoms with Crippen LogP contribution < -0.4 is 14.8 Å². The summed E-state index contributed by atoms with van der Waals surface area (Å²) in [7, 11) is 1.62. The Labute approximate surface area is 186 Å². The van der Waals surface area contributed by atoms with Gasteiger partial charge in [-0.1, -0.05) is 31.2 Å². The van der Waals surface area contributed by atoms with E-state index >= 15 is 0 Å². The molecular formula is C22H29N5O3S. The molecule has 31 heavy (non-hydrogen) atoms. The number of hydrogen-bond acceptors (Lipinski definition) is 7. The Morgan fingerprint density at radius 3 is 2.74 bits per heavy atom. The summed E-state index contributed by atoms with van der Waals surface area (Å²) >= 11 is 1.46. The van der Waals surface area contributed by atoms with E-state index in [9.17, 15) is 4.79 Å². The van der Waals surface area contributed by atoms with Gasteiger partial charge in [0, 0.05) is 23.5 Å². The summed E-state index contributed by atoms with van der Waals surface area (Å²) < 4.78 is 12.9. The maximum atomic E-state index is 12.6. The molecule has 0 spiro atoms. The lowest BCUT2D eigenvalue weighted by Crippen LogP contribution is -2.26. The van der Waals surface area contributed by atoms with Crippen LogP contribution in [0.3, 0.4) is 0 Å². The lowest BCUT2D eigenvalue weighted by Gasteiger charge is -2.13. The number of aromatic nitrogens is 4. The number of nitrogens with zero attached hydrogens (tertiary/aromatic N) is 4. The van der Waals surface area contributed by atoms with Crippen molar-refractivity contribution in [2.24, 2.45) is 0 Å². The van der Waals surface area contributed by atoms with Crippen molar-refractivity contribution in [2.45, 2.75) is 51.7 Å². The van der Waals surface area contributed by atoms with Crippen LogP contribution in [-0.2, 0) is 17.8 Å². The topological polar surface area (TPSA) is 90.6 Å². The van der Waals surface area contributed by atoms with Gasteiger partial charge in [0.15, 0.2) is 11.5 Å². The van der Waals surface area contributed by atoms with Crippen molar-refractivity contribution in [2.75, 3.05) is 20.0 Å². The Morgan fingerprint density at radius 1 is 1.23 bits per heavy atom. The molecule has 0 aliphatic carbocycles. The summed E-state index contributed by atoms with van der Waals surface area (Å²) in [6.45, 7) is 7.01. The van der Waals surface area contributed by atoms with Gasteiger partial charge in [0.2, 0.25) is 11.1 Å². The minimum atomic E-state index is -0.0835. The first-order valence-electron chi connectivity index (χ1n) is 10.3. The van der Waals surface area contributed by atoms with Crippen molar-refractivity contribution in [3.63, 3.8) is 0 Å². The van der Waals surface area contributed by atoms with Crippen molar-refractivity contribution in [3.8, 4) is 11.5 Å². The highest BCUT2D eigenvalue weighted by Crippen LogP contribution is 2.28. The standard InChI is InChI=1S/C22H29N5O3S/c1-6-7-10-30-18-9-8-16(11-19(18)29-4)13-23-20(28)12-17-14(2)24-21-25-22(31-5)26-27(21)15(17)3/h8-9,11H,6-7,10,12-13H2,1-5H3,(H,23,28). The maximum absolute atomic E-state index is 12.6. The molecule has 2 heterocycles. The second-order valence-electron chi connectivity index (χ2n) is 7.21. The molecule has 0 radical (unpaired) electrons. The van der Waals surface area contributed by atoms with E-state index in [1.165, 1.54) is 11.8 Å². The third-order valence-electron chi connectivity index (χ3n) is 5.02. The number of unbranched alkanes of at least 4 members (excludes halogenated alkanes) is 1. The number of rotatable bonds is 10. The summed E-state index contributed by atoms with van der Waals surface area (Å²) in [6, 6.07) is 5.72. The predicted molar refractivity (Wildman–Crippen MR) is 121 cm³/mol. The van der Waals surface area contributed by atoms with Crippen molar-refractivity contribution in [1.82, 2.24) is 24.9 Å². The minimum absolute atomic E-state index is 0.0835. The van der Waals surface area contributed by atoms with Crippen LogP contribution in [0.1, 0.15) is 42.3 Å². The second-order valence-corrected chi connectivity index (χ2v) is 7.99. The highest BCUT2D eigenvalue weighted by atomic mass is 32.2. The molecular weight excluding hydrogens is 414 g/mol. The zero-order chi connectivity index (χ0) is 22.4. The average Bonchev–Trinajstić information content (AvgIpc) is 3.19. The van der Waals surface area contributed by atoms with E-state index in [0.29, 0.717) is 35.6 Å². The second kappa shape index (κ2) is 10.5. The molecule has 0 aliphatic heterocycles. The summed E-state index contributed by atoms with van der Waals surface area (Å²) in [6.07, 6.45) is 4.21. The molecule has 0 bridgehead atoms. The van der Waals surface area contributed by atoms with Crippen LogP contribution in [-0.4, -0.2) is 45.5 Å². The predicted octanol–water partition coefficient (Wildman–Crippen LogP) is 3.51. The molecule has 0 atom stereocenters. The van der Waals surface area contributed by atoms with E-state index in [1.807, 2.05) is 38.3 Å².